The first kappa shape index (κ1) is 22.4. The molecule has 0 radical (unpaired) electrons. The summed E-state index contributed by atoms with van der Waals surface area (Å²) in [5.41, 5.74) is 5.64. The number of nitrogens with one attached hydrogen (secondary N) is 2. The zero-order valence-electron chi connectivity index (χ0n) is 18.5. The Morgan fingerprint density at radius 3 is 2.74 bits per heavy atom. The Bertz CT molecular complexity index is 990. The quantitative estimate of drug-likeness (QED) is 0.418. The van der Waals surface area contributed by atoms with Crippen molar-refractivity contribution in [2.75, 3.05) is 25.0 Å². The van der Waals surface area contributed by atoms with Gasteiger partial charge in [0.1, 0.15) is 0 Å². The molecule has 1 fully saturated rings. The van der Waals surface area contributed by atoms with E-state index >= 15 is 0 Å². The number of H-pyrrole nitrogens is 1. The molecular weight excluding hydrogens is 380 g/mol. The first-order valence-electron chi connectivity index (χ1n) is 11.0. The number of hydrogen-bond acceptors (Lipinski definition) is 3. The van der Waals surface area contributed by atoms with E-state index < -0.39 is 0 Å². The molecule has 2 heterocycles. The molecule has 2 N–H and O–H groups in total. The summed E-state index contributed by atoms with van der Waals surface area (Å²) in [5.74, 6) is 6.33. The Balaban J connectivity index is 1.56. The van der Waals surface area contributed by atoms with Crippen molar-refractivity contribution in [2.45, 2.75) is 32.6 Å². The van der Waals surface area contributed by atoms with Crippen molar-refractivity contribution < 1.29 is 0 Å². The molecule has 0 spiro atoms. The zero-order chi connectivity index (χ0) is 21.9. The van der Waals surface area contributed by atoms with Gasteiger partial charge in [-0.05, 0) is 76.0 Å². The molecule has 1 aromatic heterocycles. The minimum atomic E-state index is 0.743. The smallest absolute Gasteiger partial charge is 0.0963 e. The van der Waals surface area contributed by atoms with Crippen molar-refractivity contribution in [3.8, 4) is 11.8 Å². The number of aryl methyl sites for hydroxylation is 1. The molecule has 1 saturated heterocycles. The third-order valence-electron chi connectivity index (χ3n) is 5.39. The van der Waals surface area contributed by atoms with Gasteiger partial charge in [-0.15, -0.1) is 0 Å². The zero-order valence-corrected chi connectivity index (χ0v) is 18.5. The molecule has 4 nitrogen and oxygen atoms in total. The van der Waals surface area contributed by atoms with Crippen LogP contribution in [-0.4, -0.2) is 34.7 Å². The summed E-state index contributed by atoms with van der Waals surface area (Å²) in [6.45, 7) is 13.6. The summed E-state index contributed by atoms with van der Waals surface area (Å²) in [6, 6.07) is 8.60. The van der Waals surface area contributed by atoms with Crippen molar-refractivity contribution in [3.05, 3.63) is 90.3 Å². The Kier molecular flexibility index (Phi) is 8.51. The van der Waals surface area contributed by atoms with Gasteiger partial charge in [0, 0.05) is 11.3 Å². The lowest BCUT2D eigenvalue weighted by Gasteiger charge is -2.14. The molecular formula is C27H32N4. The molecule has 160 valence electrons. The van der Waals surface area contributed by atoms with Crippen LogP contribution >= 0.6 is 0 Å². The predicted molar refractivity (Wildman–Crippen MR) is 132 cm³/mol. The summed E-state index contributed by atoms with van der Waals surface area (Å²) in [5, 5.41) is 10.5. The van der Waals surface area contributed by atoms with Crippen LogP contribution < -0.4 is 5.32 Å². The Morgan fingerprint density at radius 1 is 1.26 bits per heavy atom. The molecule has 0 atom stereocenters. The van der Waals surface area contributed by atoms with Crippen molar-refractivity contribution in [1.29, 1.82) is 0 Å². The normalized spacial score (nSPS) is 14.4. The average Bonchev–Trinajstić information content (AvgIpc) is 3.47. The number of rotatable bonds is 9. The second kappa shape index (κ2) is 11.8. The van der Waals surface area contributed by atoms with Crippen LogP contribution in [0.1, 0.15) is 43.0 Å². The van der Waals surface area contributed by atoms with E-state index in [2.05, 4.69) is 69.7 Å². The molecule has 0 aliphatic carbocycles. The highest BCUT2D eigenvalue weighted by Gasteiger charge is 2.10. The lowest BCUT2D eigenvalue weighted by atomic mass is 10.1. The van der Waals surface area contributed by atoms with Crippen molar-refractivity contribution in [3.63, 3.8) is 0 Å². The second-order valence-corrected chi connectivity index (χ2v) is 7.70. The number of nitrogens with zero attached hydrogens (tertiary/aromatic N) is 2. The topological polar surface area (TPSA) is 44.0 Å². The third-order valence-corrected chi connectivity index (χ3v) is 5.39. The van der Waals surface area contributed by atoms with Gasteiger partial charge in [-0.1, -0.05) is 55.4 Å². The van der Waals surface area contributed by atoms with E-state index in [1.807, 2.05) is 25.2 Å². The predicted octanol–water partition coefficient (Wildman–Crippen LogP) is 5.56. The first-order chi connectivity index (χ1) is 15.2. The number of allylic oxidation sites excluding steroid dienone is 5. The summed E-state index contributed by atoms with van der Waals surface area (Å²) in [6.07, 6.45) is 14.3. The maximum Gasteiger partial charge on any atom is 0.0963 e. The number of anilines is 1. The van der Waals surface area contributed by atoms with E-state index in [1.54, 1.807) is 12.3 Å². The SMILES string of the molecule is C=CC=C/C(C#Cc1cn[nH]c1C(=C)Nc1ccc(CCCN2CCCC2)cc1)=C\C. The molecule has 0 unspecified atom stereocenters. The van der Waals surface area contributed by atoms with E-state index in [1.165, 1.54) is 44.5 Å². The number of benzene rings is 1. The minimum Gasteiger partial charge on any atom is -0.354 e. The lowest BCUT2D eigenvalue weighted by Crippen LogP contribution is -2.20. The maximum absolute atomic E-state index is 4.17. The fraction of sp³-hybridized carbons (Fsp3) is 0.296. The van der Waals surface area contributed by atoms with Gasteiger partial charge >= 0.3 is 0 Å². The van der Waals surface area contributed by atoms with Gasteiger partial charge in [0.25, 0.3) is 0 Å². The number of aromatic nitrogens is 2. The standard InChI is InChI=1S/C27H32N4/c1-4-6-10-23(5-2)12-15-25-21-28-30-27(25)22(3)29-26-16-13-24(14-17-26)11-9-20-31-18-7-8-19-31/h4-6,10,13-14,16-17,21,29H,1,3,7-9,11,18-20H2,2H3,(H,28,30)/b10-6?,23-5+. The van der Waals surface area contributed by atoms with Crippen LogP contribution in [0.2, 0.25) is 0 Å². The van der Waals surface area contributed by atoms with E-state index in [0.29, 0.717) is 0 Å². The summed E-state index contributed by atoms with van der Waals surface area (Å²) >= 11 is 0. The Morgan fingerprint density at radius 2 is 2.03 bits per heavy atom. The molecule has 1 aromatic carbocycles. The monoisotopic (exact) mass is 412 g/mol. The van der Waals surface area contributed by atoms with E-state index in [4.69, 9.17) is 0 Å². The van der Waals surface area contributed by atoms with Crippen LogP contribution in [0.4, 0.5) is 5.69 Å². The van der Waals surface area contributed by atoms with Gasteiger partial charge in [0.2, 0.25) is 0 Å². The molecule has 0 amide bonds. The summed E-state index contributed by atoms with van der Waals surface area (Å²) in [7, 11) is 0. The molecule has 1 aliphatic heterocycles. The van der Waals surface area contributed by atoms with Crippen LogP contribution in [0.5, 0.6) is 0 Å². The Hall–Kier alpha value is -3.29. The van der Waals surface area contributed by atoms with E-state index in [-0.39, 0.29) is 0 Å². The van der Waals surface area contributed by atoms with Gasteiger partial charge in [-0.25, -0.2) is 0 Å². The summed E-state index contributed by atoms with van der Waals surface area (Å²) < 4.78 is 0. The molecule has 3 rings (SSSR count). The van der Waals surface area contributed by atoms with E-state index in [9.17, 15) is 0 Å². The highest BCUT2D eigenvalue weighted by atomic mass is 15.1. The second-order valence-electron chi connectivity index (χ2n) is 7.70. The van der Waals surface area contributed by atoms with Crippen molar-refractivity contribution in [2.24, 2.45) is 0 Å². The Labute approximate surface area is 186 Å². The number of hydrogen-bond donors (Lipinski definition) is 2. The largest absolute Gasteiger partial charge is 0.354 e. The number of aromatic amines is 1. The molecule has 2 aromatic rings. The molecule has 0 saturated carbocycles. The van der Waals surface area contributed by atoms with Crippen LogP contribution in [0, 0.1) is 11.8 Å². The fourth-order valence-electron chi connectivity index (χ4n) is 3.64. The fourth-order valence-corrected chi connectivity index (χ4v) is 3.64. The van der Waals surface area contributed by atoms with Crippen LogP contribution in [0.3, 0.4) is 0 Å². The minimum absolute atomic E-state index is 0.743. The van der Waals surface area contributed by atoms with Crippen molar-refractivity contribution >= 4 is 11.4 Å². The van der Waals surface area contributed by atoms with Gasteiger partial charge in [-0.2, -0.15) is 5.10 Å². The highest BCUT2D eigenvalue weighted by Crippen LogP contribution is 2.19. The van der Waals surface area contributed by atoms with Crippen LogP contribution in [-0.2, 0) is 6.42 Å². The van der Waals surface area contributed by atoms with Gasteiger partial charge < -0.3 is 10.2 Å². The van der Waals surface area contributed by atoms with Gasteiger partial charge in [-0.3, -0.25) is 5.10 Å². The third kappa shape index (κ3) is 6.87. The van der Waals surface area contributed by atoms with Crippen LogP contribution in [0.25, 0.3) is 5.70 Å². The van der Waals surface area contributed by atoms with Gasteiger partial charge in [0.05, 0.1) is 23.2 Å². The summed E-state index contributed by atoms with van der Waals surface area (Å²) in [4.78, 5) is 2.57. The van der Waals surface area contributed by atoms with Crippen molar-refractivity contribution in [1.82, 2.24) is 15.1 Å². The molecule has 0 bridgehead atoms. The average molecular weight is 413 g/mol. The lowest BCUT2D eigenvalue weighted by molar-refractivity contribution is 0.334. The molecule has 4 heteroatoms. The van der Waals surface area contributed by atoms with Crippen LogP contribution in [0.15, 0.2) is 73.5 Å². The van der Waals surface area contributed by atoms with Gasteiger partial charge in [0.15, 0.2) is 0 Å². The first-order valence-corrected chi connectivity index (χ1v) is 11.0. The van der Waals surface area contributed by atoms with E-state index in [0.717, 1.165) is 34.6 Å². The number of likely N-dealkylation sites (tertiary alicyclic amines) is 1. The molecule has 31 heavy (non-hydrogen) atoms. The highest BCUT2D eigenvalue weighted by molar-refractivity contribution is 5.76. The molecule has 1 aliphatic rings. The maximum atomic E-state index is 4.17.